The van der Waals surface area contributed by atoms with Crippen LogP contribution in [0.4, 0.5) is 11.4 Å². The van der Waals surface area contributed by atoms with Crippen molar-refractivity contribution in [2.75, 3.05) is 36.0 Å². The van der Waals surface area contributed by atoms with Crippen LogP contribution in [0.5, 0.6) is 0 Å². The predicted octanol–water partition coefficient (Wildman–Crippen LogP) is 4.31. The minimum absolute atomic E-state index is 0.0792. The average Bonchev–Trinajstić information content (AvgIpc) is 3.27. The molecular weight excluding hydrogens is 546 g/mol. The molecule has 0 radical (unpaired) electrons. The van der Waals surface area contributed by atoms with Crippen LogP contribution in [0.3, 0.4) is 0 Å². The number of nitrogens with zero attached hydrogens (tertiary/aromatic N) is 3. The molecule has 2 fully saturated rings. The molecule has 3 amide bonds. The molecule has 0 aromatic heterocycles. The largest absolute Gasteiger partial charge is 0.396 e. The summed E-state index contributed by atoms with van der Waals surface area (Å²) in [5, 5.41) is 9.65. The number of halogens is 1. The van der Waals surface area contributed by atoms with Crippen LogP contribution in [-0.2, 0) is 14.4 Å². The van der Waals surface area contributed by atoms with Crippen molar-refractivity contribution >= 4 is 52.5 Å². The van der Waals surface area contributed by atoms with Gasteiger partial charge in [0.1, 0.15) is 6.04 Å². The van der Waals surface area contributed by atoms with E-state index in [1.165, 1.54) is 0 Å². The van der Waals surface area contributed by atoms with Crippen LogP contribution in [0.15, 0.2) is 78.9 Å². The molecule has 0 aliphatic carbocycles. The molecule has 4 heterocycles. The smallest absolute Gasteiger partial charge is 0.251 e. The fraction of sp³-hybridized carbons (Fsp3) is 0.387. The lowest BCUT2D eigenvalue weighted by Crippen LogP contribution is -2.53. The number of likely N-dealkylation sites (tertiary alicyclic amines) is 1. The molecule has 6 rings (SSSR count). The van der Waals surface area contributed by atoms with Gasteiger partial charge in [-0.15, -0.1) is 11.8 Å². The molecule has 4 aliphatic heterocycles. The topological polar surface area (TPSA) is 81.2 Å². The molecule has 4 aliphatic rings. The molecule has 40 heavy (non-hydrogen) atoms. The molecule has 5 atom stereocenters. The van der Waals surface area contributed by atoms with Gasteiger partial charge in [-0.2, -0.15) is 0 Å². The van der Waals surface area contributed by atoms with Crippen molar-refractivity contribution < 1.29 is 19.5 Å². The van der Waals surface area contributed by atoms with Gasteiger partial charge in [-0.3, -0.25) is 14.4 Å². The molecule has 0 saturated carbocycles. The lowest BCUT2D eigenvalue weighted by Gasteiger charge is -2.35. The normalized spacial score (nSPS) is 29.4. The molecule has 1 spiro atoms. The van der Waals surface area contributed by atoms with Gasteiger partial charge in [-0.1, -0.05) is 54.1 Å². The second kappa shape index (κ2) is 11.1. The lowest BCUT2D eigenvalue weighted by molar-refractivity contribution is -0.138. The van der Waals surface area contributed by atoms with E-state index < -0.39 is 22.6 Å². The van der Waals surface area contributed by atoms with E-state index in [2.05, 4.69) is 6.08 Å². The van der Waals surface area contributed by atoms with Gasteiger partial charge in [0, 0.05) is 47.9 Å². The van der Waals surface area contributed by atoms with E-state index in [1.54, 1.807) is 38.6 Å². The Hall–Kier alpha value is -3.07. The molecular formula is C31H32ClN3O4S. The first-order valence-corrected chi connectivity index (χ1v) is 15.1. The lowest BCUT2D eigenvalue weighted by atomic mass is 9.78. The van der Waals surface area contributed by atoms with E-state index in [-0.39, 0.29) is 29.6 Å². The van der Waals surface area contributed by atoms with Gasteiger partial charge < -0.3 is 19.8 Å². The number of aliphatic hydroxyl groups is 1. The van der Waals surface area contributed by atoms with E-state index in [0.29, 0.717) is 37.5 Å². The Labute approximate surface area is 243 Å². The fourth-order valence-electron chi connectivity index (χ4n) is 6.64. The molecule has 7 nitrogen and oxygen atoms in total. The highest BCUT2D eigenvalue weighted by atomic mass is 35.5. The summed E-state index contributed by atoms with van der Waals surface area (Å²) in [6.45, 7) is 1.30. The summed E-state index contributed by atoms with van der Waals surface area (Å²) in [5.41, 5.74) is 1.52. The number of para-hydroxylation sites is 1. The molecule has 1 unspecified atom stereocenters. The number of amides is 3. The molecule has 2 saturated heterocycles. The third-order valence-corrected chi connectivity index (χ3v) is 10.4. The molecule has 1 N–H and O–H groups in total. The average molecular weight is 578 g/mol. The zero-order chi connectivity index (χ0) is 27.9. The monoisotopic (exact) mass is 577 g/mol. The number of anilines is 2. The van der Waals surface area contributed by atoms with Crippen molar-refractivity contribution in [1.82, 2.24) is 4.90 Å². The Balaban J connectivity index is 1.41. The van der Waals surface area contributed by atoms with E-state index in [1.807, 2.05) is 60.7 Å². The van der Waals surface area contributed by atoms with Gasteiger partial charge in [0.2, 0.25) is 11.8 Å². The number of unbranched alkanes of at least 4 members (excludes halogenated alkanes) is 2. The molecule has 208 valence electrons. The number of hydrogen-bond donors (Lipinski definition) is 1. The van der Waals surface area contributed by atoms with Crippen LogP contribution in [0.2, 0.25) is 5.02 Å². The zero-order valence-electron chi connectivity index (χ0n) is 22.1. The number of carbonyl (C=O) groups excluding carboxylic acids is 3. The summed E-state index contributed by atoms with van der Waals surface area (Å²) in [7, 11) is 0. The number of rotatable bonds is 7. The molecule has 0 bridgehead atoms. The van der Waals surface area contributed by atoms with Crippen LogP contribution in [-0.4, -0.2) is 70.0 Å². The standard InChI is InChI=1S/C31H32ClN3O4S/c32-21-12-14-23(15-13-21)34-19-8-16-31-26(29(38)35(27(31)30(34)39)17-5-2-6-20-36)25-24(40-31)11-7-18-33(28(25)37)22-9-3-1-4-10-22/h1,3-4,7-16,24-27,36H,2,5-6,17-20H2/t24-,25+,26-,27?,31-/m0/s1. The van der Waals surface area contributed by atoms with E-state index in [9.17, 15) is 19.5 Å². The number of benzene rings is 2. The van der Waals surface area contributed by atoms with Crippen LogP contribution >= 0.6 is 23.4 Å². The quantitative estimate of drug-likeness (QED) is 0.392. The summed E-state index contributed by atoms with van der Waals surface area (Å²) in [5.74, 6) is -1.60. The number of hydrogen-bond acceptors (Lipinski definition) is 5. The van der Waals surface area contributed by atoms with Crippen LogP contribution < -0.4 is 9.80 Å². The van der Waals surface area contributed by atoms with Crippen molar-refractivity contribution in [1.29, 1.82) is 0 Å². The van der Waals surface area contributed by atoms with Gasteiger partial charge in [-0.25, -0.2) is 0 Å². The van der Waals surface area contributed by atoms with Crippen LogP contribution in [0.25, 0.3) is 0 Å². The van der Waals surface area contributed by atoms with Gasteiger partial charge in [0.25, 0.3) is 5.91 Å². The highest BCUT2D eigenvalue weighted by Crippen LogP contribution is 2.61. The van der Waals surface area contributed by atoms with Crippen molar-refractivity contribution in [2.24, 2.45) is 11.8 Å². The van der Waals surface area contributed by atoms with Gasteiger partial charge >= 0.3 is 0 Å². The minimum Gasteiger partial charge on any atom is -0.396 e. The number of aliphatic hydroxyl groups excluding tert-OH is 1. The highest BCUT2D eigenvalue weighted by Gasteiger charge is 2.71. The van der Waals surface area contributed by atoms with Gasteiger partial charge in [0.15, 0.2) is 0 Å². The second-order valence-corrected chi connectivity index (χ2v) is 12.6. The van der Waals surface area contributed by atoms with E-state index in [0.717, 1.165) is 17.8 Å². The Kier molecular flexibility index (Phi) is 7.50. The van der Waals surface area contributed by atoms with Gasteiger partial charge in [-0.05, 0) is 55.7 Å². The molecule has 2 aromatic carbocycles. The Morgan fingerprint density at radius 2 is 1.55 bits per heavy atom. The van der Waals surface area contributed by atoms with E-state index in [4.69, 9.17) is 11.6 Å². The summed E-state index contributed by atoms with van der Waals surface area (Å²) in [6, 6.07) is 16.0. The third-order valence-electron chi connectivity index (χ3n) is 8.42. The summed E-state index contributed by atoms with van der Waals surface area (Å²) >= 11 is 7.71. The van der Waals surface area contributed by atoms with Gasteiger partial charge in [0.05, 0.1) is 16.6 Å². The maximum Gasteiger partial charge on any atom is 0.251 e. The summed E-state index contributed by atoms with van der Waals surface area (Å²) in [4.78, 5) is 48.2. The van der Waals surface area contributed by atoms with Crippen LogP contribution in [0, 0.1) is 11.8 Å². The van der Waals surface area contributed by atoms with Crippen LogP contribution in [0.1, 0.15) is 19.3 Å². The SMILES string of the molecule is O=C1C2N(CCCCCO)C(=O)[C@@H]3[C@@H]4C(=O)N(c5ccccc5)CC=C[C@@H]4S[C@]23C=CCN1c1ccc(Cl)cc1. The minimum atomic E-state index is -0.860. The van der Waals surface area contributed by atoms with Crippen molar-refractivity contribution in [3.8, 4) is 0 Å². The van der Waals surface area contributed by atoms with Crippen molar-refractivity contribution in [3.05, 3.63) is 83.9 Å². The Bertz CT molecular complexity index is 1350. The highest BCUT2D eigenvalue weighted by molar-refractivity contribution is 8.02. The summed E-state index contributed by atoms with van der Waals surface area (Å²) in [6.07, 6.45) is 10.1. The van der Waals surface area contributed by atoms with Crippen molar-refractivity contribution in [3.63, 3.8) is 0 Å². The molecule has 9 heteroatoms. The number of carbonyl (C=O) groups is 3. The van der Waals surface area contributed by atoms with E-state index >= 15 is 0 Å². The maximum atomic E-state index is 14.4. The maximum absolute atomic E-state index is 14.4. The fourth-order valence-corrected chi connectivity index (χ4v) is 8.77. The first kappa shape index (κ1) is 27.1. The predicted molar refractivity (Wildman–Crippen MR) is 158 cm³/mol. The number of thioether (sulfide) groups is 1. The molecule has 2 aromatic rings. The Morgan fingerprint density at radius 1 is 0.850 bits per heavy atom. The first-order chi connectivity index (χ1) is 19.5. The summed E-state index contributed by atoms with van der Waals surface area (Å²) < 4.78 is -0.860. The first-order valence-electron chi connectivity index (χ1n) is 13.8. The Morgan fingerprint density at radius 3 is 2.30 bits per heavy atom. The van der Waals surface area contributed by atoms with Crippen molar-refractivity contribution in [2.45, 2.75) is 35.3 Å². The zero-order valence-corrected chi connectivity index (χ0v) is 23.6. The number of fused-ring (bicyclic) bond motifs is 2. The second-order valence-electron chi connectivity index (χ2n) is 10.7. The third kappa shape index (κ3) is 4.46.